The van der Waals surface area contributed by atoms with E-state index in [1.807, 2.05) is 56.1 Å². The van der Waals surface area contributed by atoms with Gasteiger partial charge < -0.3 is 15.5 Å². The first-order chi connectivity index (χ1) is 11.5. The van der Waals surface area contributed by atoms with Gasteiger partial charge >= 0.3 is 0 Å². The van der Waals surface area contributed by atoms with Crippen molar-refractivity contribution < 1.29 is 9.59 Å². The molecule has 0 spiro atoms. The average Bonchev–Trinajstić information content (AvgIpc) is 2.55. The number of para-hydroxylation sites is 1. The number of hydrogen-bond acceptors (Lipinski definition) is 3. The minimum Gasteiger partial charge on any atom is -0.365 e. The molecule has 0 aliphatic heterocycles. The van der Waals surface area contributed by atoms with E-state index >= 15 is 0 Å². The molecule has 0 radical (unpaired) electrons. The lowest BCUT2D eigenvalue weighted by atomic mass is 10.2. The number of rotatable bonds is 6. The fraction of sp³-hybridized carbons (Fsp3) is 0.263. The van der Waals surface area contributed by atoms with Gasteiger partial charge in [-0.15, -0.1) is 0 Å². The second kappa shape index (κ2) is 8.15. The molecule has 0 fully saturated rings. The van der Waals surface area contributed by atoms with Gasteiger partial charge in [0.25, 0.3) is 5.91 Å². The van der Waals surface area contributed by atoms with Crippen LogP contribution in [-0.2, 0) is 4.79 Å². The maximum absolute atomic E-state index is 12.1. The lowest BCUT2D eigenvalue weighted by Crippen LogP contribution is -2.30. The molecule has 0 aliphatic rings. The zero-order valence-electron chi connectivity index (χ0n) is 14.2. The number of carbonyl (C=O) groups is 2. The molecule has 0 saturated heterocycles. The molecular weight excluding hydrogens is 302 g/mol. The van der Waals surface area contributed by atoms with Gasteiger partial charge in [-0.2, -0.15) is 0 Å². The Morgan fingerprint density at radius 2 is 1.62 bits per heavy atom. The maximum Gasteiger partial charge on any atom is 0.251 e. The van der Waals surface area contributed by atoms with Crippen LogP contribution in [0.25, 0.3) is 0 Å². The number of nitrogens with one attached hydrogen (secondary N) is 2. The Balaban J connectivity index is 1.91. The Labute approximate surface area is 142 Å². The largest absolute Gasteiger partial charge is 0.365 e. The first kappa shape index (κ1) is 17.5. The molecule has 2 aromatic carbocycles. The molecule has 2 amide bonds. The van der Waals surface area contributed by atoms with Gasteiger partial charge in [0.15, 0.2) is 0 Å². The number of carbonyl (C=O) groups excluding carboxylic acids is 2. The Morgan fingerprint density at radius 1 is 1.00 bits per heavy atom. The lowest BCUT2D eigenvalue weighted by Gasteiger charge is -2.18. The summed E-state index contributed by atoms with van der Waals surface area (Å²) in [5.41, 5.74) is 2.22. The van der Waals surface area contributed by atoms with E-state index in [-0.39, 0.29) is 24.4 Å². The molecule has 0 heterocycles. The van der Waals surface area contributed by atoms with E-state index in [9.17, 15) is 9.59 Å². The smallest absolute Gasteiger partial charge is 0.251 e. The van der Waals surface area contributed by atoms with Crippen molar-refractivity contribution in [2.45, 2.75) is 19.9 Å². The van der Waals surface area contributed by atoms with Crippen LogP contribution in [0.2, 0.25) is 0 Å². The first-order valence-electron chi connectivity index (χ1n) is 7.92. The molecule has 0 bridgehead atoms. The summed E-state index contributed by atoms with van der Waals surface area (Å²) in [6.45, 7) is 4.07. The van der Waals surface area contributed by atoms with E-state index < -0.39 is 0 Å². The van der Waals surface area contributed by atoms with E-state index in [2.05, 4.69) is 10.6 Å². The number of nitrogens with zero attached hydrogens (tertiary/aromatic N) is 1. The molecule has 5 nitrogen and oxygen atoms in total. The summed E-state index contributed by atoms with van der Waals surface area (Å²) in [6.07, 6.45) is 0. The van der Waals surface area contributed by atoms with Gasteiger partial charge in [0.05, 0.1) is 6.54 Å². The van der Waals surface area contributed by atoms with Crippen molar-refractivity contribution >= 4 is 23.2 Å². The average molecular weight is 325 g/mol. The predicted octanol–water partition coefficient (Wildman–Crippen LogP) is 2.90. The molecule has 0 aromatic heterocycles. The van der Waals surface area contributed by atoms with Crippen molar-refractivity contribution in [3.8, 4) is 0 Å². The Morgan fingerprint density at radius 3 is 2.21 bits per heavy atom. The molecule has 0 unspecified atom stereocenters. The first-order valence-corrected chi connectivity index (χ1v) is 7.92. The zero-order chi connectivity index (χ0) is 17.5. The van der Waals surface area contributed by atoms with Crippen molar-refractivity contribution in [2.24, 2.45) is 0 Å². The summed E-state index contributed by atoms with van der Waals surface area (Å²) in [6, 6.07) is 16.7. The summed E-state index contributed by atoms with van der Waals surface area (Å²) in [7, 11) is 1.87. The second-order valence-corrected chi connectivity index (χ2v) is 5.95. The van der Waals surface area contributed by atoms with E-state index in [0.717, 1.165) is 5.69 Å². The van der Waals surface area contributed by atoms with Gasteiger partial charge in [-0.05, 0) is 50.2 Å². The minimum atomic E-state index is -0.119. The van der Waals surface area contributed by atoms with Crippen molar-refractivity contribution in [2.75, 3.05) is 23.8 Å². The number of anilines is 2. The summed E-state index contributed by atoms with van der Waals surface area (Å²) in [5.74, 6) is -0.229. The van der Waals surface area contributed by atoms with Gasteiger partial charge in [0, 0.05) is 30.0 Å². The molecule has 0 aliphatic carbocycles. The monoisotopic (exact) mass is 325 g/mol. The summed E-state index contributed by atoms with van der Waals surface area (Å²) < 4.78 is 0. The summed E-state index contributed by atoms with van der Waals surface area (Å²) in [4.78, 5) is 25.9. The SMILES string of the molecule is CC(C)NC(=O)c1ccc(NC(=O)CN(C)c2ccccc2)cc1. The molecule has 126 valence electrons. The van der Waals surface area contributed by atoms with Crippen molar-refractivity contribution in [1.29, 1.82) is 0 Å². The molecule has 0 saturated carbocycles. The third-order valence-electron chi connectivity index (χ3n) is 3.43. The van der Waals surface area contributed by atoms with E-state index in [1.54, 1.807) is 24.3 Å². The predicted molar refractivity (Wildman–Crippen MR) is 97.4 cm³/mol. The van der Waals surface area contributed by atoms with Crippen LogP contribution in [0.5, 0.6) is 0 Å². The van der Waals surface area contributed by atoms with Crippen molar-refractivity contribution in [3.05, 3.63) is 60.2 Å². The fourth-order valence-electron chi connectivity index (χ4n) is 2.24. The number of amides is 2. The van der Waals surface area contributed by atoms with E-state index in [0.29, 0.717) is 11.3 Å². The van der Waals surface area contributed by atoms with Gasteiger partial charge in [0.1, 0.15) is 0 Å². The highest BCUT2D eigenvalue weighted by atomic mass is 16.2. The van der Waals surface area contributed by atoms with Gasteiger partial charge in [-0.1, -0.05) is 18.2 Å². The third-order valence-corrected chi connectivity index (χ3v) is 3.43. The van der Waals surface area contributed by atoms with Crippen LogP contribution >= 0.6 is 0 Å². The molecule has 2 N–H and O–H groups in total. The standard InChI is InChI=1S/C19H23N3O2/c1-14(2)20-19(24)15-9-11-16(12-10-15)21-18(23)13-22(3)17-7-5-4-6-8-17/h4-12,14H,13H2,1-3H3,(H,20,24)(H,21,23). The topological polar surface area (TPSA) is 61.4 Å². The Kier molecular flexibility index (Phi) is 5.95. The van der Waals surface area contributed by atoms with Crippen LogP contribution in [-0.4, -0.2) is 31.4 Å². The zero-order valence-corrected chi connectivity index (χ0v) is 14.2. The minimum absolute atomic E-state index is 0.0883. The highest BCUT2D eigenvalue weighted by Gasteiger charge is 2.09. The molecular formula is C19H23N3O2. The highest BCUT2D eigenvalue weighted by molar-refractivity contribution is 5.96. The third kappa shape index (κ3) is 5.12. The molecule has 2 rings (SSSR count). The summed E-state index contributed by atoms with van der Waals surface area (Å²) >= 11 is 0. The lowest BCUT2D eigenvalue weighted by molar-refractivity contribution is -0.114. The maximum atomic E-state index is 12.1. The van der Waals surface area contributed by atoms with E-state index in [1.165, 1.54) is 0 Å². The van der Waals surface area contributed by atoms with Gasteiger partial charge in [-0.3, -0.25) is 9.59 Å². The quantitative estimate of drug-likeness (QED) is 0.858. The number of benzene rings is 2. The van der Waals surface area contributed by atoms with Crippen LogP contribution in [0.4, 0.5) is 11.4 Å². The molecule has 0 atom stereocenters. The second-order valence-electron chi connectivity index (χ2n) is 5.95. The van der Waals surface area contributed by atoms with Crippen LogP contribution < -0.4 is 15.5 Å². The molecule has 5 heteroatoms. The summed E-state index contributed by atoms with van der Waals surface area (Å²) in [5, 5.41) is 5.67. The fourth-order valence-corrected chi connectivity index (χ4v) is 2.24. The Bertz CT molecular complexity index is 682. The normalized spacial score (nSPS) is 10.3. The van der Waals surface area contributed by atoms with Gasteiger partial charge in [0.2, 0.25) is 5.91 Å². The number of likely N-dealkylation sites (N-methyl/N-ethyl adjacent to an activating group) is 1. The highest BCUT2D eigenvalue weighted by Crippen LogP contribution is 2.12. The van der Waals surface area contributed by atoms with Crippen LogP contribution in [0, 0.1) is 0 Å². The van der Waals surface area contributed by atoms with Crippen LogP contribution in [0.3, 0.4) is 0 Å². The van der Waals surface area contributed by atoms with Gasteiger partial charge in [-0.25, -0.2) is 0 Å². The molecule has 24 heavy (non-hydrogen) atoms. The Hall–Kier alpha value is -2.82. The van der Waals surface area contributed by atoms with Crippen molar-refractivity contribution in [3.63, 3.8) is 0 Å². The van der Waals surface area contributed by atoms with Crippen LogP contribution in [0.1, 0.15) is 24.2 Å². The number of hydrogen-bond donors (Lipinski definition) is 2. The van der Waals surface area contributed by atoms with E-state index in [4.69, 9.17) is 0 Å². The molecule has 2 aromatic rings. The van der Waals surface area contributed by atoms with Crippen LogP contribution in [0.15, 0.2) is 54.6 Å². The van der Waals surface area contributed by atoms with Crippen molar-refractivity contribution in [1.82, 2.24) is 5.32 Å².